The van der Waals surface area contributed by atoms with Crippen molar-refractivity contribution in [3.63, 3.8) is 0 Å². The predicted molar refractivity (Wildman–Crippen MR) is 118 cm³/mol. The van der Waals surface area contributed by atoms with Crippen LogP contribution in [0.4, 0.5) is 5.82 Å². The quantitative estimate of drug-likeness (QED) is 0.362. The zero-order valence-corrected chi connectivity index (χ0v) is 17.0. The van der Waals surface area contributed by atoms with Crippen molar-refractivity contribution in [1.29, 1.82) is 5.41 Å². The lowest BCUT2D eigenvalue weighted by molar-refractivity contribution is 0.311. The standard InChI is InChI=1S/C20H24N4OS2/c1-11(22)20-15-5-3-14(10-21)19(26)18(15)16(27-20)9-13-4-6-17(23-7-8-25)24-12(13)2/h4,6,10,21,25-26H,1,3,5,7-9,22H2,2H3,(H,23,24). The molecular formula is C20H24N4OS2. The molecular weight excluding hydrogens is 376 g/mol. The third kappa shape index (κ3) is 3.95. The van der Waals surface area contributed by atoms with Crippen molar-refractivity contribution in [2.24, 2.45) is 5.73 Å². The van der Waals surface area contributed by atoms with Crippen molar-refractivity contribution in [3.05, 3.63) is 56.4 Å². The monoisotopic (exact) mass is 400 g/mol. The fourth-order valence-electron chi connectivity index (χ4n) is 3.33. The molecule has 0 radical (unpaired) electrons. The number of pyridine rings is 1. The van der Waals surface area contributed by atoms with E-state index in [1.54, 1.807) is 11.3 Å². The lowest BCUT2D eigenvalue weighted by Gasteiger charge is -2.18. The maximum Gasteiger partial charge on any atom is 0.126 e. The van der Waals surface area contributed by atoms with Gasteiger partial charge in [-0.2, -0.15) is 0 Å². The summed E-state index contributed by atoms with van der Waals surface area (Å²) in [6, 6.07) is 3.99. The molecule has 2 aromatic rings. The first-order valence-electron chi connectivity index (χ1n) is 8.79. The second-order valence-electron chi connectivity index (χ2n) is 6.52. The van der Waals surface area contributed by atoms with E-state index in [1.807, 2.05) is 13.0 Å². The minimum atomic E-state index is 0.0714. The zero-order valence-electron chi connectivity index (χ0n) is 15.3. The van der Waals surface area contributed by atoms with Gasteiger partial charge in [0.15, 0.2) is 0 Å². The highest BCUT2D eigenvalue weighted by Crippen LogP contribution is 2.44. The van der Waals surface area contributed by atoms with E-state index in [4.69, 9.17) is 28.9 Å². The number of nitrogens with one attached hydrogen (secondary N) is 2. The Morgan fingerprint density at radius 1 is 1.48 bits per heavy atom. The number of rotatable bonds is 7. The molecule has 0 fully saturated rings. The van der Waals surface area contributed by atoms with E-state index in [9.17, 15) is 0 Å². The van der Waals surface area contributed by atoms with Crippen LogP contribution < -0.4 is 11.1 Å². The van der Waals surface area contributed by atoms with E-state index < -0.39 is 0 Å². The van der Waals surface area contributed by atoms with Gasteiger partial charge in [0.1, 0.15) is 5.82 Å². The summed E-state index contributed by atoms with van der Waals surface area (Å²) in [6.45, 7) is 6.48. The molecule has 0 unspecified atom stereocenters. The highest BCUT2D eigenvalue weighted by molar-refractivity contribution is 7.90. The van der Waals surface area contributed by atoms with Gasteiger partial charge in [0.05, 0.1) is 11.5 Å². The van der Waals surface area contributed by atoms with Crippen LogP contribution in [0.25, 0.3) is 10.6 Å². The number of anilines is 1. The molecule has 2 aromatic heterocycles. The van der Waals surface area contributed by atoms with Crippen molar-refractivity contribution in [2.45, 2.75) is 26.2 Å². The maximum absolute atomic E-state index is 8.94. The molecule has 0 amide bonds. The number of aliphatic hydroxyl groups excluding tert-OH is 1. The van der Waals surface area contributed by atoms with Crippen LogP contribution in [0, 0.1) is 12.3 Å². The van der Waals surface area contributed by atoms with Crippen LogP contribution in [0.15, 0.2) is 24.3 Å². The van der Waals surface area contributed by atoms with Gasteiger partial charge in [0, 0.05) is 45.9 Å². The number of nitrogens with zero attached hydrogens (tertiary/aromatic N) is 1. The van der Waals surface area contributed by atoms with Crippen LogP contribution in [0.1, 0.15) is 38.6 Å². The Labute approximate surface area is 169 Å². The Morgan fingerprint density at radius 3 is 2.89 bits per heavy atom. The molecule has 5 nitrogen and oxygen atoms in total. The topological polar surface area (TPSA) is 95.0 Å². The number of aromatic nitrogens is 1. The molecule has 1 aliphatic rings. The van der Waals surface area contributed by atoms with E-state index in [-0.39, 0.29) is 6.61 Å². The lowest BCUT2D eigenvalue weighted by atomic mass is 9.91. The first-order valence-corrected chi connectivity index (χ1v) is 10.1. The second-order valence-corrected chi connectivity index (χ2v) is 8.07. The molecule has 27 heavy (non-hydrogen) atoms. The van der Waals surface area contributed by atoms with Crippen LogP contribution in [-0.4, -0.2) is 29.5 Å². The number of aryl methyl sites for hydroxylation is 1. The van der Waals surface area contributed by atoms with Crippen molar-refractivity contribution in [1.82, 2.24) is 4.98 Å². The van der Waals surface area contributed by atoms with Crippen LogP contribution in [0.2, 0.25) is 0 Å². The van der Waals surface area contributed by atoms with Gasteiger partial charge < -0.3 is 21.6 Å². The molecule has 0 spiro atoms. The summed E-state index contributed by atoms with van der Waals surface area (Å²) in [7, 11) is 0. The minimum Gasteiger partial charge on any atom is -0.398 e. The van der Waals surface area contributed by atoms with Gasteiger partial charge in [-0.3, -0.25) is 0 Å². The van der Waals surface area contributed by atoms with Gasteiger partial charge in [-0.25, -0.2) is 4.98 Å². The SMILES string of the molecule is C=C(N)c1sc(Cc2ccc(NCCO)nc2C)c2c1CCC(C=N)=C2S. The van der Waals surface area contributed by atoms with Gasteiger partial charge in [-0.15, -0.1) is 24.0 Å². The number of thiol groups is 1. The Morgan fingerprint density at radius 2 is 2.26 bits per heavy atom. The summed E-state index contributed by atoms with van der Waals surface area (Å²) in [6.07, 6.45) is 3.79. The highest BCUT2D eigenvalue weighted by Gasteiger charge is 2.25. The number of hydrogen-bond donors (Lipinski definition) is 5. The molecule has 7 heteroatoms. The van der Waals surface area contributed by atoms with E-state index in [0.717, 1.165) is 57.3 Å². The first kappa shape index (κ1) is 19.7. The molecule has 5 N–H and O–H groups in total. The van der Waals surface area contributed by atoms with Gasteiger partial charge in [0.25, 0.3) is 0 Å². The smallest absolute Gasteiger partial charge is 0.126 e. The van der Waals surface area contributed by atoms with Crippen LogP contribution in [0.3, 0.4) is 0 Å². The summed E-state index contributed by atoms with van der Waals surface area (Å²) >= 11 is 6.39. The normalized spacial score (nSPS) is 13.4. The largest absolute Gasteiger partial charge is 0.398 e. The number of allylic oxidation sites excluding steroid dienone is 1. The zero-order chi connectivity index (χ0) is 19.6. The third-order valence-electron chi connectivity index (χ3n) is 4.70. The lowest BCUT2D eigenvalue weighted by Crippen LogP contribution is -2.08. The highest BCUT2D eigenvalue weighted by atomic mass is 32.1. The van der Waals surface area contributed by atoms with Gasteiger partial charge in [-0.1, -0.05) is 12.6 Å². The summed E-state index contributed by atoms with van der Waals surface area (Å²) in [5, 5.41) is 19.7. The second kappa shape index (κ2) is 8.29. The van der Waals surface area contributed by atoms with Gasteiger partial charge >= 0.3 is 0 Å². The number of nitrogens with two attached hydrogens (primary N) is 1. The van der Waals surface area contributed by atoms with E-state index in [0.29, 0.717) is 12.2 Å². The van der Waals surface area contributed by atoms with Crippen LogP contribution >= 0.6 is 24.0 Å². The maximum atomic E-state index is 8.94. The molecule has 0 bridgehead atoms. The fraction of sp³-hybridized carbons (Fsp3) is 0.300. The Balaban J connectivity index is 2.00. The third-order valence-corrected chi connectivity index (χ3v) is 6.51. The molecule has 0 saturated carbocycles. The molecule has 142 valence electrons. The first-order chi connectivity index (χ1) is 13.0. The Bertz CT molecular complexity index is 930. The predicted octanol–water partition coefficient (Wildman–Crippen LogP) is 3.61. The van der Waals surface area contributed by atoms with Gasteiger partial charge in [-0.05, 0) is 42.5 Å². The molecule has 3 rings (SSSR count). The van der Waals surface area contributed by atoms with Crippen molar-refractivity contribution in [3.8, 4) is 0 Å². The molecule has 0 aliphatic heterocycles. The molecule has 0 saturated heterocycles. The van der Waals surface area contributed by atoms with E-state index in [2.05, 4.69) is 22.9 Å². The number of thiophene rings is 1. The van der Waals surface area contributed by atoms with Crippen molar-refractivity contribution < 1.29 is 5.11 Å². The Kier molecular flexibility index (Phi) is 6.04. The Hall–Kier alpha value is -2.09. The molecule has 2 heterocycles. The minimum absolute atomic E-state index is 0.0714. The van der Waals surface area contributed by atoms with Gasteiger partial charge in [0.2, 0.25) is 0 Å². The average Bonchev–Trinajstić information content (AvgIpc) is 3.02. The average molecular weight is 401 g/mol. The fourth-order valence-corrected chi connectivity index (χ4v) is 5.11. The number of aliphatic hydroxyl groups is 1. The van der Waals surface area contributed by atoms with Crippen molar-refractivity contribution >= 4 is 46.6 Å². The van der Waals surface area contributed by atoms with Crippen LogP contribution in [0.5, 0.6) is 0 Å². The molecule has 0 atom stereocenters. The summed E-state index contributed by atoms with van der Waals surface area (Å²) < 4.78 is 0. The summed E-state index contributed by atoms with van der Waals surface area (Å²) in [4.78, 5) is 7.66. The number of hydrogen-bond acceptors (Lipinski definition) is 7. The molecule has 1 aliphatic carbocycles. The van der Waals surface area contributed by atoms with E-state index >= 15 is 0 Å². The van der Waals surface area contributed by atoms with Crippen LogP contribution in [-0.2, 0) is 12.8 Å². The van der Waals surface area contributed by atoms with E-state index in [1.165, 1.54) is 16.7 Å². The summed E-state index contributed by atoms with van der Waals surface area (Å²) in [5.74, 6) is 0.760. The summed E-state index contributed by atoms with van der Waals surface area (Å²) in [5.41, 5.74) is 12.0. The number of fused-ring (bicyclic) bond motifs is 1. The molecule has 0 aromatic carbocycles. The van der Waals surface area contributed by atoms with Crippen molar-refractivity contribution in [2.75, 3.05) is 18.5 Å².